The Morgan fingerprint density at radius 2 is 1.74 bits per heavy atom. The highest BCUT2D eigenvalue weighted by Gasteiger charge is 2.59. The molecular weight excluding hydrogens is 292 g/mol. The average Bonchev–Trinajstić information content (AvgIpc) is 2.33. The Bertz CT molecular complexity index is 521. The summed E-state index contributed by atoms with van der Waals surface area (Å²) in [5.41, 5.74) is -0.766. The first kappa shape index (κ1) is 18.0. The van der Waals surface area contributed by atoms with E-state index in [9.17, 15) is 9.59 Å². The highest BCUT2D eigenvalue weighted by molar-refractivity contribution is 5.67. The molecule has 0 spiro atoms. The van der Waals surface area contributed by atoms with Gasteiger partial charge in [0.25, 0.3) is 0 Å². The van der Waals surface area contributed by atoms with E-state index in [1.165, 1.54) is 13.8 Å². The molecule has 0 bridgehead atoms. The van der Waals surface area contributed by atoms with E-state index in [4.69, 9.17) is 9.47 Å². The predicted octanol–water partition coefficient (Wildman–Crippen LogP) is 4.03. The summed E-state index contributed by atoms with van der Waals surface area (Å²) >= 11 is 0. The molecule has 1 saturated carbocycles. The van der Waals surface area contributed by atoms with Gasteiger partial charge in [-0.2, -0.15) is 0 Å². The standard InChI is InChI=1S/C19H30O4/c1-13(20)22-16-12-17(3,4)9-7-10-19(6,23-14(2)21)15-8-11-18(15,16)5/h7,9,15-16H,8,10-12H2,1-6H3/b9-7+/t15-,16-,18-,19-/m0/s1. The fourth-order valence-corrected chi connectivity index (χ4v) is 4.48. The van der Waals surface area contributed by atoms with Crippen LogP contribution in [0.1, 0.15) is 67.2 Å². The number of hydrogen-bond acceptors (Lipinski definition) is 4. The van der Waals surface area contributed by atoms with Gasteiger partial charge in [0.2, 0.25) is 0 Å². The topological polar surface area (TPSA) is 52.6 Å². The smallest absolute Gasteiger partial charge is 0.303 e. The SMILES string of the molecule is CC(=O)O[C@H]1CC(C)(C)/C=C/C[C@](C)(OC(C)=O)[C@H]2CC[C@]12C. The van der Waals surface area contributed by atoms with Gasteiger partial charge < -0.3 is 9.47 Å². The van der Waals surface area contributed by atoms with Crippen LogP contribution < -0.4 is 0 Å². The molecule has 0 aromatic rings. The maximum absolute atomic E-state index is 11.6. The number of hydrogen-bond donors (Lipinski definition) is 0. The van der Waals surface area contributed by atoms with E-state index in [1.807, 2.05) is 6.92 Å². The van der Waals surface area contributed by atoms with Gasteiger partial charge >= 0.3 is 11.9 Å². The van der Waals surface area contributed by atoms with Gasteiger partial charge in [-0.15, -0.1) is 0 Å². The molecule has 130 valence electrons. The lowest BCUT2D eigenvalue weighted by Crippen LogP contribution is -2.58. The van der Waals surface area contributed by atoms with Crippen molar-refractivity contribution in [1.29, 1.82) is 0 Å². The van der Waals surface area contributed by atoms with Crippen LogP contribution in [0.2, 0.25) is 0 Å². The highest BCUT2D eigenvalue weighted by Crippen LogP contribution is 2.58. The second-order valence-electron chi connectivity index (χ2n) is 8.40. The molecule has 0 aliphatic heterocycles. The second-order valence-corrected chi connectivity index (χ2v) is 8.40. The van der Waals surface area contributed by atoms with Gasteiger partial charge in [0.1, 0.15) is 11.7 Å². The highest BCUT2D eigenvalue weighted by atomic mass is 16.6. The Hall–Kier alpha value is -1.32. The van der Waals surface area contributed by atoms with Crippen LogP contribution >= 0.6 is 0 Å². The van der Waals surface area contributed by atoms with E-state index in [2.05, 4.69) is 32.9 Å². The number of ether oxygens (including phenoxy) is 2. The van der Waals surface area contributed by atoms with Crippen LogP contribution in [0.25, 0.3) is 0 Å². The third-order valence-electron chi connectivity index (χ3n) is 5.73. The van der Waals surface area contributed by atoms with Crippen molar-refractivity contribution in [2.45, 2.75) is 78.9 Å². The van der Waals surface area contributed by atoms with E-state index in [1.54, 1.807) is 0 Å². The average molecular weight is 322 g/mol. The number of carbonyl (C=O) groups excluding carboxylic acids is 2. The third kappa shape index (κ3) is 3.61. The van der Waals surface area contributed by atoms with Gasteiger partial charge in [0.05, 0.1) is 0 Å². The normalized spacial score (nSPS) is 40.4. The molecule has 0 amide bonds. The lowest BCUT2D eigenvalue weighted by molar-refractivity contribution is -0.205. The molecule has 4 nitrogen and oxygen atoms in total. The summed E-state index contributed by atoms with van der Waals surface area (Å²) in [5.74, 6) is -0.297. The summed E-state index contributed by atoms with van der Waals surface area (Å²) in [6.45, 7) is 11.4. The van der Waals surface area contributed by atoms with Gasteiger partial charge in [-0.25, -0.2) is 0 Å². The van der Waals surface area contributed by atoms with E-state index < -0.39 is 5.60 Å². The lowest BCUT2D eigenvalue weighted by atomic mass is 9.51. The molecule has 4 atom stereocenters. The predicted molar refractivity (Wildman–Crippen MR) is 88.7 cm³/mol. The quantitative estimate of drug-likeness (QED) is 0.569. The summed E-state index contributed by atoms with van der Waals surface area (Å²) in [6.07, 6.45) is 7.59. The fourth-order valence-electron chi connectivity index (χ4n) is 4.48. The zero-order valence-electron chi connectivity index (χ0n) is 15.3. The van der Waals surface area contributed by atoms with E-state index in [0.717, 1.165) is 19.3 Å². The fraction of sp³-hybridized carbons (Fsp3) is 0.789. The molecule has 0 aromatic carbocycles. The maximum atomic E-state index is 11.6. The molecule has 0 unspecified atom stereocenters. The number of esters is 2. The minimum absolute atomic E-state index is 0.0647. The van der Waals surface area contributed by atoms with Crippen molar-refractivity contribution >= 4 is 11.9 Å². The van der Waals surface area contributed by atoms with Crippen molar-refractivity contribution in [1.82, 2.24) is 0 Å². The number of rotatable bonds is 2. The molecule has 2 rings (SSSR count). The number of allylic oxidation sites excluding steroid dienone is 1. The second kappa shape index (κ2) is 5.95. The van der Waals surface area contributed by atoms with Crippen LogP contribution in [-0.4, -0.2) is 23.6 Å². The van der Waals surface area contributed by atoms with Crippen molar-refractivity contribution in [2.75, 3.05) is 0 Å². The minimum atomic E-state index is -0.547. The summed E-state index contributed by atoms with van der Waals surface area (Å²) in [4.78, 5) is 23.3. The Morgan fingerprint density at radius 1 is 1.09 bits per heavy atom. The van der Waals surface area contributed by atoms with Crippen molar-refractivity contribution in [3.8, 4) is 0 Å². The number of fused-ring (bicyclic) bond motifs is 1. The molecule has 0 aromatic heterocycles. The van der Waals surface area contributed by atoms with Gasteiger partial charge in [0.15, 0.2) is 0 Å². The van der Waals surface area contributed by atoms with Crippen LogP contribution in [0.5, 0.6) is 0 Å². The van der Waals surface area contributed by atoms with E-state index >= 15 is 0 Å². The van der Waals surface area contributed by atoms with Crippen molar-refractivity contribution < 1.29 is 19.1 Å². The molecule has 0 heterocycles. The maximum Gasteiger partial charge on any atom is 0.303 e. The molecule has 0 saturated heterocycles. The first-order chi connectivity index (χ1) is 10.5. The zero-order chi connectivity index (χ0) is 17.5. The number of carbonyl (C=O) groups is 2. The third-order valence-corrected chi connectivity index (χ3v) is 5.73. The Morgan fingerprint density at radius 3 is 2.22 bits per heavy atom. The monoisotopic (exact) mass is 322 g/mol. The van der Waals surface area contributed by atoms with Crippen molar-refractivity contribution in [3.05, 3.63) is 12.2 Å². The van der Waals surface area contributed by atoms with Gasteiger partial charge in [-0.3, -0.25) is 9.59 Å². The van der Waals surface area contributed by atoms with Crippen molar-refractivity contribution in [2.24, 2.45) is 16.7 Å². The zero-order valence-corrected chi connectivity index (χ0v) is 15.3. The first-order valence-corrected chi connectivity index (χ1v) is 8.53. The Labute approximate surface area is 139 Å². The minimum Gasteiger partial charge on any atom is -0.462 e. The van der Waals surface area contributed by atoms with Gasteiger partial charge in [-0.1, -0.05) is 32.9 Å². The van der Waals surface area contributed by atoms with Crippen LogP contribution in [-0.2, 0) is 19.1 Å². The van der Waals surface area contributed by atoms with Gasteiger partial charge in [-0.05, 0) is 31.6 Å². The summed E-state index contributed by atoms with van der Waals surface area (Å²) in [6, 6.07) is 0. The lowest BCUT2D eigenvalue weighted by Gasteiger charge is -2.57. The first-order valence-electron chi connectivity index (χ1n) is 8.53. The Kier molecular flexibility index (Phi) is 4.67. The molecule has 4 heteroatoms. The van der Waals surface area contributed by atoms with Crippen LogP contribution in [0, 0.1) is 16.7 Å². The molecule has 0 N–H and O–H groups in total. The van der Waals surface area contributed by atoms with Crippen LogP contribution in [0.4, 0.5) is 0 Å². The van der Waals surface area contributed by atoms with Gasteiger partial charge in [0, 0.05) is 31.6 Å². The van der Waals surface area contributed by atoms with Crippen LogP contribution in [0.15, 0.2) is 12.2 Å². The Balaban J connectivity index is 2.42. The molecule has 2 aliphatic rings. The van der Waals surface area contributed by atoms with E-state index in [-0.39, 0.29) is 34.8 Å². The van der Waals surface area contributed by atoms with Crippen molar-refractivity contribution in [3.63, 3.8) is 0 Å². The molecule has 23 heavy (non-hydrogen) atoms. The molecule has 0 radical (unpaired) electrons. The summed E-state index contributed by atoms with van der Waals surface area (Å²) in [7, 11) is 0. The molecule has 1 fully saturated rings. The van der Waals surface area contributed by atoms with Crippen LogP contribution in [0.3, 0.4) is 0 Å². The summed E-state index contributed by atoms with van der Waals surface area (Å²) in [5, 5.41) is 0. The summed E-state index contributed by atoms with van der Waals surface area (Å²) < 4.78 is 11.5. The molecule has 2 aliphatic carbocycles. The molecular formula is C19H30O4. The largest absolute Gasteiger partial charge is 0.462 e. The van der Waals surface area contributed by atoms with E-state index in [0.29, 0.717) is 6.42 Å².